The molecule has 1 atom stereocenters. The van der Waals surface area contributed by atoms with Gasteiger partial charge < -0.3 is 15.5 Å². The number of furan rings is 1. The van der Waals surface area contributed by atoms with Crippen LogP contribution in [-0.4, -0.2) is 11.9 Å². The van der Waals surface area contributed by atoms with Gasteiger partial charge in [-0.2, -0.15) is 0 Å². The lowest BCUT2D eigenvalue weighted by molar-refractivity contribution is 0.0911. The van der Waals surface area contributed by atoms with Gasteiger partial charge in [-0.15, -0.1) is 6.58 Å². The maximum atomic E-state index is 11.6. The first-order valence-corrected chi connectivity index (χ1v) is 4.88. The molecule has 0 saturated carbocycles. The Bertz CT molecular complexity index is 344. The van der Waals surface area contributed by atoms with Gasteiger partial charge in [0.25, 0.3) is 5.91 Å². The molecule has 1 aromatic heterocycles. The van der Waals surface area contributed by atoms with Crippen molar-refractivity contribution in [2.24, 2.45) is 5.73 Å². The first kappa shape index (κ1) is 11.5. The molecule has 1 heterocycles. The third-order valence-corrected chi connectivity index (χ3v) is 1.98. The molecular formula is C11H16N2O2. The van der Waals surface area contributed by atoms with Crippen molar-refractivity contribution in [3.8, 4) is 0 Å². The number of nitrogens with two attached hydrogens (primary N) is 1. The van der Waals surface area contributed by atoms with E-state index in [9.17, 15) is 4.79 Å². The Morgan fingerprint density at radius 3 is 3.00 bits per heavy atom. The molecule has 0 aliphatic rings. The molecule has 82 valence electrons. The van der Waals surface area contributed by atoms with Crippen molar-refractivity contribution in [2.45, 2.75) is 25.9 Å². The summed E-state index contributed by atoms with van der Waals surface area (Å²) in [7, 11) is 0. The van der Waals surface area contributed by atoms with Crippen molar-refractivity contribution in [3.63, 3.8) is 0 Å². The lowest BCUT2D eigenvalue weighted by atomic mass is 10.2. The van der Waals surface area contributed by atoms with Crippen LogP contribution in [0.4, 0.5) is 0 Å². The van der Waals surface area contributed by atoms with Gasteiger partial charge in [-0.05, 0) is 25.5 Å². The summed E-state index contributed by atoms with van der Waals surface area (Å²) in [6.07, 6.45) is 2.49. The SMILES string of the molecule is C=CCC(C)NC(=O)c1ccc(CN)o1. The van der Waals surface area contributed by atoms with E-state index in [-0.39, 0.29) is 11.9 Å². The van der Waals surface area contributed by atoms with Crippen LogP contribution in [0.25, 0.3) is 0 Å². The Labute approximate surface area is 89.1 Å². The predicted molar refractivity (Wildman–Crippen MR) is 58.3 cm³/mol. The summed E-state index contributed by atoms with van der Waals surface area (Å²) in [4.78, 5) is 11.6. The third kappa shape index (κ3) is 3.25. The van der Waals surface area contributed by atoms with E-state index < -0.39 is 0 Å². The number of hydrogen-bond acceptors (Lipinski definition) is 3. The Hall–Kier alpha value is -1.55. The summed E-state index contributed by atoms with van der Waals surface area (Å²) in [6, 6.07) is 3.38. The van der Waals surface area contributed by atoms with Crippen molar-refractivity contribution in [1.82, 2.24) is 5.32 Å². The van der Waals surface area contributed by atoms with Gasteiger partial charge in [0, 0.05) is 6.04 Å². The molecule has 1 aromatic rings. The van der Waals surface area contributed by atoms with Crippen LogP contribution in [0.5, 0.6) is 0 Å². The number of hydrogen-bond donors (Lipinski definition) is 2. The van der Waals surface area contributed by atoms with Crippen molar-refractivity contribution >= 4 is 5.91 Å². The van der Waals surface area contributed by atoms with Gasteiger partial charge in [-0.1, -0.05) is 6.08 Å². The van der Waals surface area contributed by atoms with Gasteiger partial charge in [0.2, 0.25) is 0 Å². The van der Waals surface area contributed by atoms with Crippen LogP contribution < -0.4 is 11.1 Å². The normalized spacial score (nSPS) is 12.1. The molecule has 1 rings (SSSR count). The van der Waals surface area contributed by atoms with Gasteiger partial charge in [0.15, 0.2) is 5.76 Å². The van der Waals surface area contributed by atoms with Crippen molar-refractivity contribution in [1.29, 1.82) is 0 Å². The van der Waals surface area contributed by atoms with Crippen LogP contribution in [0.15, 0.2) is 29.2 Å². The fraction of sp³-hybridized carbons (Fsp3) is 0.364. The number of rotatable bonds is 5. The van der Waals surface area contributed by atoms with Gasteiger partial charge in [0.1, 0.15) is 5.76 Å². The van der Waals surface area contributed by atoms with Crippen LogP contribution >= 0.6 is 0 Å². The number of carbonyl (C=O) groups is 1. The second-order valence-corrected chi connectivity index (χ2v) is 3.37. The summed E-state index contributed by atoms with van der Waals surface area (Å²) in [5, 5.41) is 2.79. The number of nitrogens with one attached hydrogen (secondary N) is 1. The van der Waals surface area contributed by atoms with E-state index >= 15 is 0 Å². The summed E-state index contributed by atoms with van der Waals surface area (Å²) >= 11 is 0. The first-order chi connectivity index (χ1) is 7.17. The molecule has 0 saturated heterocycles. The molecule has 0 bridgehead atoms. The average Bonchev–Trinajstić information content (AvgIpc) is 2.66. The molecule has 15 heavy (non-hydrogen) atoms. The monoisotopic (exact) mass is 208 g/mol. The van der Waals surface area contributed by atoms with Crippen LogP contribution in [0.1, 0.15) is 29.7 Å². The molecule has 1 unspecified atom stereocenters. The summed E-state index contributed by atoms with van der Waals surface area (Å²) < 4.78 is 5.21. The van der Waals surface area contributed by atoms with Gasteiger partial charge in [-0.3, -0.25) is 4.79 Å². The lowest BCUT2D eigenvalue weighted by Gasteiger charge is -2.09. The standard InChI is InChI=1S/C11H16N2O2/c1-3-4-8(2)13-11(14)10-6-5-9(7-12)15-10/h3,5-6,8H,1,4,7,12H2,2H3,(H,13,14). The highest BCUT2D eigenvalue weighted by Crippen LogP contribution is 2.07. The zero-order chi connectivity index (χ0) is 11.3. The number of amides is 1. The number of carbonyl (C=O) groups excluding carboxylic acids is 1. The minimum atomic E-state index is -0.218. The maximum Gasteiger partial charge on any atom is 0.287 e. The molecular weight excluding hydrogens is 192 g/mol. The van der Waals surface area contributed by atoms with Crippen LogP contribution in [0.3, 0.4) is 0 Å². The summed E-state index contributed by atoms with van der Waals surface area (Å²) in [5.41, 5.74) is 5.37. The fourth-order valence-corrected chi connectivity index (χ4v) is 1.21. The molecule has 0 radical (unpaired) electrons. The molecule has 0 aliphatic heterocycles. The highest BCUT2D eigenvalue weighted by Gasteiger charge is 2.12. The van der Waals surface area contributed by atoms with E-state index in [1.807, 2.05) is 6.92 Å². The van der Waals surface area contributed by atoms with Crippen LogP contribution in [-0.2, 0) is 6.54 Å². The van der Waals surface area contributed by atoms with Gasteiger partial charge in [-0.25, -0.2) is 0 Å². The molecule has 0 fully saturated rings. The minimum absolute atomic E-state index is 0.0569. The van der Waals surface area contributed by atoms with Gasteiger partial charge >= 0.3 is 0 Å². The summed E-state index contributed by atoms with van der Waals surface area (Å²) in [6.45, 7) is 5.82. The lowest BCUT2D eigenvalue weighted by Crippen LogP contribution is -2.31. The van der Waals surface area contributed by atoms with E-state index in [0.717, 1.165) is 6.42 Å². The van der Waals surface area contributed by atoms with E-state index in [1.165, 1.54) is 0 Å². The summed E-state index contributed by atoms with van der Waals surface area (Å²) in [5.74, 6) is 0.687. The Morgan fingerprint density at radius 1 is 1.73 bits per heavy atom. The zero-order valence-corrected chi connectivity index (χ0v) is 8.82. The van der Waals surface area contributed by atoms with E-state index in [1.54, 1.807) is 18.2 Å². The van der Waals surface area contributed by atoms with Crippen molar-refractivity contribution < 1.29 is 9.21 Å². The fourth-order valence-electron chi connectivity index (χ4n) is 1.21. The highest BCUT2D eigenvalue weighted by molar-refractivity contribution is 5.91. The molecule has 1 amide bonds. The topological polar surface area (TPSA) is 68.3 Å². The first-order valence-electron chi connectivity index (χ1n) is 4.88. The average molecular weight is 208 g/mol. The quantitative estimate of drug-likeness (QED) is 0.719. The van der Waals surface area contributed by atoms with E-state index in [2.05, 4.69) is 11.9 Å². The van der Waals surface area contributed by atoms with Gasteiger partial charge in [0.05, 0.1) is 6.54 Å². The van der Waals surface area contributed by atoms with Crippen molar-refractivity contribution in [3.05, 3.63) is 36.3 Å². The Balaban J connectivity index is 2.56. The van der Waals surface area contributed by atoms with E-state index in [4.69, 9.17) is 10.2 Å². The van der Waals surface area contributed by atoms with E-state index in [0.29, 0.717) is 18.1 Å². The molecule has 0 aliphatic carbocycles. The predicted octanol–water partition coefficient (Wildman–Crippen LogP) is 1.43. The largest absolute Gasteiger partial charge is 0.455 e. The smallest absolute Gasteiger partial charge is 0.287 e. The highest BCUT2D eigenvalue weighted by atomic mass is 16.4. The van der Waals surface area contributed by atoms with Crippen LogP contribution in [0, 0.1) is 0 Å². The molecule has 3 N–H and O–H groups in total. The Kier molecular flexibility index (Phi) is 4.12. The zero-order valence-electron chi connectivity index (χ0n) is 8.82. The Morgan fingerprint density at radius 2 is 2.47 bits per heavy atom. The molecule has 0 spiro atoms. The molecule has 4 heteroatoms. The minimum Gasteiger partial charge on any atom is -0.455 e. The van der Waals surface area contributed by atoms with Crippen molar-refractivity contribution in [2.75, 3.05) is 0 Å². The second kappa shape index (κ2) is 5.36. The van der Waals surface area contributed by atoms with Crippen LogP contribution in [0.2, 0.25) is 0 Å². The second-order valence-electron chi connectivity index (χ2n) is 3.37. The molecule has 0 aromatic carbocycles. The maximum absolute atomic E-state index is 11.6. The molecule has 4 nitrogen and oxygen atoms in total. The third-order valence-electron chi connectivity index (χ3n) is 1.98.